The van der Waals surface area contributed by atoms with Crippen LogP contribution in [-0.2, 0) is 24.0 Å². The summed E-state index contributed by atoms with van der Waals surface area (Å²) in [5.41, 5.74) is 0. The number of nitrogens with zero attached hydrogens (tertiary/aromatic N) is 2. The second kappa shape index (κ2) is 9.58. The molecule has 0 amide bonds. The van der Waals surface area contributed by atoms with Gasteiger partial charge < -0.3 is 35.8 Å². The molecule has 0 aliphatic rings. The van der Waals surface area contributed by atoms with Crippen molar-refractivity contribution in [3.63, 3.8) is 0 Å². The van der Waals surface area contributed by atoms with Gasteiger partial charge in [-0.05, 0) is 0 Å². The van der Waals surface area contributed by atoms with Gasteiger partial charge in [-0.25, -0.2) is 4.98 Å². The van der Waals surface area contributed by atoms with Crippen molar-refractivity contribution in [2.45, 2.75) is 0 Å². The maximum atomic E-state index is 10.0. The van der Waals surface area contributed by atoms with Gasteiger partial charge in [-0.3, -0.25) is 4.57 Å². The quantitative estimate of drug-likeness (QED) is 0.324. The molecule has 13 heteroatoms. The van der Waals surface area contributed by atoms with Crippen LogP contribution >= 0.6 is 19.2 Å². The first kappa shape index (κ1) is 20.7. The van der Waals surface area contributed by atoms with E-state index in [0.717, 1.165) is 11.3 Å². The Balaban J connectivity index is -0.000000249. The van der Waals surface area contributed by atoms with Crippen LogP contribution in [0.15, 0.2) is 11.6 Å². The van der Waals surface area contributed by atoms with Crippen LogP contribution in [-0.4, -0.2) is 15.0 Å². The zero-order valence-corrected chi connectivity index (χ0v) is 12.4. The Morgan fingerprint density at radius 2 is 2.00 bits per heavy atom. The Bertz CT molecular complexity index is 324. The number of rotatable bonds is 2. The van der Waals surface area contributed by atoms with Gasteiger partial charge in [0.1, 0.15) is 0 Å². The van der Waals surface area contributed by atoms with Crippen molar-refractivity contribution in [3.8, 4) is 5.19 Å². The van der Waals surface area contributed by atoms with Crippen LogP contribution in [0.5, 0.6) is 5.19 Å². The molecule has 0 bridgehead atoms. The summed E-state index contributed by atoms with van der Waals surface area (Å²) >= 11 is 0.984. The Morgan fingerprint density at radius 1 is 1.56 bits per heavy atom. The molecule has 88 valence electrons. The van der Waals surface area contributed by atoms with Gasteiger partial charge in [0.25, 0.3) is 5.19 Å². The summed E-state index contributed by atoms with van der Waals surface area (Å²) in [4.78, 5) is 29.9. The van der Waals surface area contributed by atoms with Crippen LogP contribution in [0.2, 0.25) is 0 Å². The van der Waals surface area contributed by atoms with Crippen molar-refractivity contribution in [2.24, 2.45) is 0 Å². The molecule has 1 heterocycles. The van der Waals surface area contributed by atoms with Crippen molar-refractivity contribution >= 4 is 19.2 Å². The van der Waals surface area contributed by atoms with Gasteiger partial charge in [-0.2, -0.15) is 0 Å². The molecule has 16 heavy (non-hydrogen) atoms. The third kappa shape index (κ3) is 15.8. The summed E-state index contributed by atoms with van der Waals surface area (Å²) in [7, 11) is -4.66. The SMILES string of the molecule is N.O=P([O-])(O)Oc1nccs1.O=[N+]([O-])[O-].[Zn+2]. The summed E-state index contributed by atoms with van der Waals surface area (Å²) in [6, 6.07) is 0. The molecule has 1 atom stereocenters. The molecule has 0 fully saturated rings. The molecular weight excluding hydrogens is 318 g/mol. The number of hydrogen-bond acceptors (Lipinski definition) is 9. The van der Waals surface area contributed by atoms with E-state index in [2.05, 4.69) is 9.51 Å². The van der Waals surface area contributed by atoms with E-state index in [1.54, 1.807) is 0 Å². The Hall–Kier alpha value is -0.637. The van der Waals surface area contributed by atoms with Crippen LogP contribution in [0.3, 0.4) is 0 Å². The monoisotopic (exact) mass is 323 g/mol. The van der Waals surface area contributed by atoms with Gasteiger partial charge in [-0.15, -0.1) is 0 Å². The minimum Gasteiger partial charge on any atom is -0.746 e. The number of aromatic nitrogens is 1. The van der Waals surface area contributed by atoms with Crippen molar-refractivity contribution in [3.05, 3.63) is 26.9 Å². The van der Waals surface area contributed by atoms with Gasteiger partial charge in [0, 0.05) is 11.6 Å². The topological polar surface area (TPSA) is 184 Å². The Kier molecular flexibility index (Phi) is 12.4. The van der Waals surface area contributed by atoms with E-state index in [0.29, 0.717) is 0 Å². The molecule has 0 radical (unpaired) electrons. The van der Waals surface area contributed by atoms with Crippen LogP contribution in [0.1, 0.15) is 0 Å². The summed E-state index contributed by atoms with van der Waals surface area (Å²) in [6.45, 7) is 0. The number of phosphoric acid groups is 1. The first-order chi connectivity index (χ1) is 6.31. The van der Waals surface area contributed by atoms with Crippen LogP contribution < -0.4 is 15.6 Å². The fourth-order valence-electron chi connectivity index (χ4n) is 0.354. The fourth-order valence-corrected chi connectivity index (χ4v) is 1.41. The minimum atomic E-state index is -4.66. The molecule has 0 saturated carbocycles. The molecule has 1 rings (SSSR count). The molecule has 4 N–H and O–H groups in total. The minimum absolute atomic E-state index is 0. The predicted molar refractivity (Wildman–Crippen MR) is 48.0 cm³/mol. The largest absolute Gasteiger partial charge is 2.00 e. The molecule has 1 unspecified atom stereocenters. The Morgan fingerprint density at radius 3 is 2.25 bits per heavy atom. The molecule has 0 aliphatic heterocycles. The Labute approximate surface area is 106 Å². The van der Waals surface area contributed by atoms with Gasteiger partial charge in [0.05, 0.1) is 5.09 Å². The molecule has 1 aromatic rings. The predicted octanol–water partition coefficient (Wildman–Crippen LogP) is -0.0970. The number of phosphoric ester groups is 1. The molecule has 0 aliphatic carbocycles. The van der Waals surface area contributed by atoms with E-state index in [9.17, 15) is 9.46 Å². The summed E-state index contributed by atoms with van der Waals surface area (Å²) in [5.74, 6) is 0. The van der Waals surface area contributed by atoms with Crippen molar-refractivity contribution in [1.82, 2.24) is 11.1 Å². The standard InChI is InChI=1S/C3H4NO4PS.NO3.H3N.Zn/c5-9(6,7)8-3-4-1-2-10-3;2-1(3)4;;/h1-2H,(H2,5,6,7);;1H3;/q;-1;;+2/p-1. The van der Waals surface area contributed by atoms with E-state index in [1.807, 2.05) is 0 Å². The number of hydrogen-bond donors (Lipinski definition) is 2. The van der Waals surface area contributed by atoms with Crippen LogP contribution in [0.4, 0.5) is 0 Å². The molecule has 0 spiro atoms. The fraction of sp³-hybridized carbons (Fsp3) is 0. The number of thiazole rings is 1. The maximum absolute atomic E-state index is 10.0. The first-order valence-corrected chi connectivity index (χ1v) is 5.13. The zero-order chi connectivity index (χ0) is 11.2. The zero-order valence-electron chi connectivity index (χ0n) is 7.72. The molecule has 10 nitrogen and oxygen atoms in total. The average molecular weight is 325 g/mol. The van der Waals surface area contributed by atoms with E-state index >= 15 is 0 Å². The second-order valence-corrected chi connectivity index (χ2v) is 3.56. The normalized spacial score (nSPS) is 11.6. The van der Waals surface area contributed by atoms with E-state index in [-0.39, 0.29) is 30.8 Å². The molecular formula is C3H6N3O7PSZn. The van der Waals surface area contributed by atoms with Crippen molar-refractivity contribution in [1.29, 1.82) is 0 Å². The van der Waals surface area contributed by atoms with E-state index in [1.165, 1.54) is 11.6 Å². The molecule has 1 aromatic heterocycles. The maximum Gasteiger partial charge on any atom is 2.00 e. The molecule has 0 saturated heterocycles. The van der Waals surface area contributed by atoms with Gasteiger partial charge in [0.15, 0.2) is 0 Å². The third-order valence-electron chi connectivity index (χ3n) is 0.603. The van der Waals surface area contributed by atoms with Crippen molar-refractivity contribution < 1.29 is 43.4 Å². The van der Waals surface area contributed by atoms with Crippen LogP contribution in [0.25, 0.3) is 0 Å². The smallest absolute Gasteiger partial charge is 0.746 e. The van der Waals surface area contributed by atoms with Gasteiger partial charge in [-0.1, -0.05) is 11.3 Å². The first-order valence-electron chi connectivity index (χ1n) is 2.75. The van der Waals surface area contributed by atoms with Gasteiger partial charge in [0.2, 0.25) is 0 Å². The average Bonchev–Trinajstić information content (AvgIpc) is 2.33. The van der Waals surface area contributed by atoms with Crippen LogP contribution in [0, 0.1) is 15.3 Å². The van der Waals surface area contributed by atoms with Gasteiger partial charge >= 0.3 is 27.3 Å². The molecule has 0 aromatic carbocycles. The third-order valence-corrected chi connectivity index (χ3v) is 1.78. The summed E-state index contributed by atoms with van der Waals surface area (Å²) in [6.07, 6.45) is 1.37. The summed E-state index contributed by atoms with van der Waals surface area (Å²) in [5, 5.41) is 16.2. The summed E-state index contributed by atoms with van der Waals surface area (Å²) < 4.78 is 14.0. The van der Waals surface area contributed by atoms with E-state index < -0.39 is 12.9 Å². The second-order valence-electron chi connectivity index (χ2n) is 1.58. The van der Waals surface area contributed by atoms with E-state index in [4.69, 9.17) is 20.2 Å². The van der Waals surface area contributed by atoms with Crippen molar-refractivity contribution in [2.75, 3.05) is 0 Å².